The lowest BCUT2D eigenvalue weighted by Crippen LogP contribution is -2.30. The summed E-state index contributed by atoms with van der Waals surface area (Å²) >= 11 is 0. The van der Waals surface area contributed by atoms with Crippen LogP contribution in [-0.2, 0) is 23.9 Å². The minimum Gasteiger partial charge on any atom is -0.496 e. The van der Waals surface area contributed by atoms with Crippen molar-refractivity contribution in [2.75, 3.05) is 7.11 Å². The van der Waals surface area contributed by atoms with Gasteiger partial charge in [-0.2, -0.15) is 0 Å². The summed E-state index contributed by atoms with van der Waals surface area (Å²) in [4.78, 5) is 13.9. The van der Waals surface area contributed by atoms with Gasteiger partial charge < -0.3 is 14.8 Å². The Morgan fingerprint density at radius 2 is 1.51 bits per heavy atom. The molecular formula is C39H55NO3. The van der Waals surface area contributed by atoms with E-state index in [4.69, 9.17) is 9.47 Å². The molecule has 1 amide bonds. The Morgan fingerprint density at radius 3 is 2.05 bits per heavy atom. The van der Waals surface area contributed by atoms with Crippen LogP contribution in [0.5, 0.6) is 11.5 Å². The van der Waals surface area contributed by atoms with Crippen LogP contribution < -0.4 is 14.8 Å². The summed E-state index contributed by atoms with van der Waals surface area (Å²) in [6, 6.07) is 16.9. The van der Waals surface area contributed by atoms with Gasteiger partial charge in [0.15, 0.2) is 0 Å². The molecule has 1 unspecified atom stereocenters. The zero-order valence-electron chi connectivity index (χ0n) is 28.8. The average Bonchev–Trinajstić information content (AvgIpc) is 2.89. The SMILES string of the molecule is CCCc1ccc(OCc2cc(C(C)(C)C)cc(C(C)(C)C)c2OC)cc1C(=O)NC(CC(C)C)c1cc(C)cc(C)c1. The Hall–Kier alpha value is -3.27. The van der Waals surface area contributed by atoms with Gasteiger partial charge >= 0.3 is 0 Å². The van der Waals surface area contributed by atoms with Gasteiger partial charge in [-0.25, -0.2) is 0 Å². The van der Waals surface area contributed by atoms with Gasteiger partial charge in [0.25, 0.3) is 5.91 Å². The van der Waals surface area contributed by atoms with Crippen LogP contribution in [0.25, 0.3) is 0 Å². The standard InChI is InChI=1S/C39H55NO3/c1-13-14-28-15-16-32(43-24-30-21-31(38(6,7)8)22-34(36(30)42-12)39(9,10)11)23-33(28)37(41)40-35(17-25(2)3)29-19-26(4)18-27(5)20-29/h15-16,18-23,25,35H,13-14,17,24H2,1-12H3,(H,40,41). The van der Waals surface area contributed by atoms with Gasteiger partial charge in [0.1, 0.15) is 18.1 Å². The fourth-order valence-corrected chi connectivity index (χ4v) is 5.73. The lowest BCUT2D eigenvalue weighted by atomic mass is 9.79. The van der Waals surface area contributed by atoms with Crippen molar-refractivity contribution in [3.8, 4) is 11.5 Å². The number of aryl methyl sites for hydroxylation is 3. The molecule has 0 saturated carbocycles. The number of hydrogen-bond acceptors (Lipinski definition) is 3. The molecule has 0 aliphatic carbocycles. The second-order valence-electron chi connectivity index (χ2n) is 14.7. The first-order valence-electron chi connectivity index (χ1n) is 15.9. The van der Waals surface area contributed by atoms with E-state index in [0.717, 1.165) is 41.7 Å². The van der Waals surface area contributed by atoms with Gasteiger partial charge in [0.05, 0.1) is 13.2 Å². The van der Waals surface area contributed by atoms with Crippen molar-refractivity contribution in [2.24, 2.45) is 5.92 Å². The summed E-state index contributed by atoms with van der Waals surface area (Å²) in [5.74, 6) is 1.93. The van der Waals surface area contributed by atoms with Crippen molar-refractivity contribution >= 4 is 5.91 Å². The number of hydrogen-bond donors (Lipinski definition) is 1. The highest BCUT2D eigenvalue weighted by Gasteiger charge is 2.26. The lowest BCUT2D eigenvalue weighted by Gasteiger charge is -2.29. The first kappa shape index (κ1) is 34.2. The van der Waals surface area contributed by atoms with Crippen LogP contribution in [-0.4, -0.2) is 13.0 Å². The third-order valence-electron chi connectivity index (χ3n) is 7.94. The minimum absolute atomic E-state index is 0.0174. The molecule has 3 aromatic rings. The van der Waals surface area contributed by atoms with Crippen molar-refractivity contribution < 1.29 is 14.3 Å². The van der Waals surface area contributed by atoms with E-state index in [1.165, 1.54) is 22.3 Å². The number of carbonyl (C=O) groups is 1. The molecule has 4 nitrogen and oxygen atoms in total. The van der Waals surface area contributed by atoms with E-state index in [1.807, 2.05) is 18.2 Å². The lowest BCUT2D eigenvalue weighted by molar-refractivity contribution is 0.0930. The Balaban J connectivity index is 1.97. The molecular weight excluding hydrogens is 530 g/mol. The molecule has 4 heteroatoms. The summed E-state index contributed by atoms with van der Waals surface area (Å²) in [5, 5.41) is 3.39. The zero-order chi connectivity index (χ0) is 32.1. The van der Waals surface area contributed by atoms with E-state index in [1.54, 1.807) is 7.11 Å². The number of benzene rings is 3. The van der Waals surface area contributed by atoms with Crippen LogP contribution in [0.4, 0.5) is 0 Å². The summed E-state index contributed by atoms with van der Waals surface area (Å²) in [6.07, 6.45) is 2.66. The molecule has 1 atom stereocenters. The minimum atomic E-state index is -0.0865. The predicted molar refractivity (Wildman–Crippen MR) is 181 cm³/mol. The van der Waals surface area contributed by atoms with Crippen molar-refractivity contribution in [1.82, 2.24) is 5.32 Å². The highest BCUT2D eigenvalue weighted by atomic mass is 16.5. The van der Waals surface area contributed by atoms with Gasteiger partial charge in [-0.05, 0) is 78.3 Å². The number of rotatable bonds is 11. The average molecular weight is 586 g/mol. The summed E-state index contributed by atoms with van der Waals surface area (Å²) in [7, 11) is 1.73. The van der Waals surface area contributed by atoms with E-state index >= 15 is 0 Å². The van der Waals surface area contributed by atoms with Gasteiger partial charge in [-0.15, -0.1) is 0 Å². The van der Waals surface area contributed by atoms with Crippen LogP contribution >= 0.6 is 0 Å². The molecule has 0 heterocycles. The molecule has 0 saturated heterocycles. The van der Waals surface area contributed by atoms with Crippen molar-refractivity contribution in [2.45, 2.75) is 119 Å². The Labute approximate surface area is 261 Å². The molecule has 0 aromatic heterocycles. The topological polar surface area (TPSA) is 47.6 Å². The molecule has 0 aliphatic heterocycles. The fourth-order valence-electron chi connectivity index (χ4n) is 5.73. The highest BCUT2D eigenvalue weighted by Crippen LogP contribution is 2.39. The maximum atomic E-state index is 13.9. The number of methoxy groups -OCH3 is 1. The van der Waals surface area contributed by atoms with Crippen LogP contribution in [0.3, 0.4) is 0 Å². The van der Waals surface area contributed by atoms with Crippen molar-refractivity contribution in [3.63, 3.8) is 0 Å². The second-order valence-corrected chi connectivity index (χ2v) is 14.7. The van der Waals surface area contributed by atoms with Crippen molar-refractivity contribution in [3.05, 3.63) is 93.0 Å². The van der Waals surface area contributed by atoms with Gasteiger partial charge in [0.2, 0.25) is 0 Å². The van der Waals surface area contributed by atoms with Crippen LogP contribution in [0.1, 0.15) is 130 Å². The molecule has 0 bridgehead atoms. The number of ether oxygens (including phenoxy) is 2. The molecule has 0 radical (unpaired) electrons. The smallest absolute Gasteiger partial charge is 0.252 e. The van der Waals surface area contributed by atoms with E-state index in [2.05, 4.69) is 112 Å². The maximum Gasteiger partial charge on any atom is 0.252 e. The number of nitrogens with one attached hydrogen (secondary N) is 1. The predicted octanol–water partition coefficient (Wildman–Crippen LogP) is 9.96. The first-order valence-corrected chi connectivity index (χ1v) is 15.9. The van der Waals surface area contributed by atoms with E-state index in [9.17, 15) is 4.79 Å². The van der Waals surface area contributed by atoms with Gasteiger partial charge in [-0.1, -0.05) is 110 Å². The molecule has 3 aromatic carbocycles. The van der Waals surface area contributed by atoms with Crippen LogP contribution in [0, 0.1) is 19.8 Å². The monoisotopic (exact) mass is 585 g/mol. The molecule has 0 spiro atoms. The third-order valence-corrected chi connectivity index (χ3v) is 7.94. The molecule has 0 aliphatic rings. The molecule has 1 N–H and O–H groups in total. The summed E-state index contributed by atoms with van der Waals surface area (Å²) in [6.45, 7) is 24.4. The molecule has 234 valence electrons. The van der Waals surface area contributed by atoms with Gasteiger partial charge in [-0.3, -0.25) is 4.79 Å². The third kappa shape index (κ3) is 9.11. The van der Waals surface area contributed by atoms with E-state index in [0.29, 0.717) is 23.8 Å². The number of carbonyl (C=O) groups excluding carboxylic acids is 1. The fraction of sp³-hybridized carbons (Fsp3) is 0.513. The first-order chi connectivity index (χ1) is 20.0. The van der Waals surface area contributed by atoms with Crippen LogP contribution in [0.15, 0.2) is 48.5 Å². The largest absolute Gasteiger partial charge is 0.496 e. The van der Waals surface area contributed by atoms with E-state index in [-0.39, 0.29) is 22.8 Å². The highest BCUT2D eigenvalue weighted by molar-refractivity contribution is 5.96. The Kier molecular flexibility index (Phi) is 11.2. The summed E-state index contributed by atoms with van der Waals surface area (Å²) in [5.41, 5.74) is 8.62. The summed E-state index contributed by atoms with van der Waals surface area (Å²) < 4.78 is 12.4. The van der Waals surface area contributed by atoms with Gasteiger partial charge in [0, 0.05) is 16.7 Å². The number of amides is 1. The molecule has 3 rings (SSSR count). The normalized spacial score (nSPS) is 12.8. The van der Waals surface area contributed by atoms with Crippen LogP contribution in [0.2, 0.25) is 0 Å². The Bertz CT molecular complexity index is 1380. The molecule has 43 heavy (non-hydrogen) atoms. The zero-order valence-corrected chi connectivity index (χ0v) is 28.8. The maximum absolute atomic E-state index is 13.9. The molecule has 0 fully saturated rings. The van der Waals surface area contributed by atoms with E-state index < -0.39 is 0 Å². The Morgan fingerprint density at radius 1 is 0.860 bits per heavy atom. The quantitative estimate of drug-likeness (QED) is 0.244. The van der Waals surface area contributed by atoms with Crippen molar-refractivity contribution in [1.29, 1.82) is 0 Å². The second kappa shape index (κ2) is 14.0.